The molecule has 0 saturated carbocycles. The first kappa shape index (κ1) is 22.9. The average molecular weight is 477 g/mol. The van der Waals surface area contributed by atoms with Crippen molar-refractivity contribution in [2.45, 2.75) is 25.6 Å². The Hall–Kier alpha value is -3.25. The summed E-state index contributed by atoms with van der Waals surface area (Å²) < 4.78 is 16.5. The third kappa shape index (κ3) is 5.06. The van der Waals surface area contributed by atoms with Gasteiger partial charge in [-0.1, -0.05) is 0 Å². The number of rotatable bonds is 7. The summed E-state index contributed by atoms with van der Waals surface area (Å²) in [5, 5.41) is 13.6. The Bertz CT molecular complexity index is 1020. The van der Waals surface area contributed by atoms with Crippen molar-refractivity contribution in [3.8, 4) is 11.5 Å². The lowest BCUT2D eigenvalue weighted by atomic mass is 10.1. The topological polar surface area (TPSA) is 124 Å². The second-order valence-corrected chi connectivity index (χ2v) is 8.38. The largest absolute Gasteiger partial charge is 0.493 e. The molecule has 3 heterocycles. The molecule has 4 rings (SSSR count). The Morgan fingerprint density at radius 1 is 1.24 bits per heavy atom. The molecule has 2 aromatic rings. The molecule has 2 fully saturated rings. The van der Waals surface area contributed by atoms with Gasteiger partial charge in [0, 0.05) is 44.2 Å². The normalized spacial score (nSPS) is 18.3. The number of aromatic nitrogens is 1. The molecule has 0 spiro atoms. The molecular weight excluding hydrogens is 452 g/mol. The molecule has 2 aliphatic heterocycles. The highest BCUT2D eigenvalue weighted by molar-refractivity contribution is 7.07. The Morgan fingerprint density at radius 3 is 2.61 bits per heavy atom. The molecule has 2 aliphatic rings. The summed E-state index contributed by atoms with van der Waals surface area (Å²) in [4.78, 5) is 44.1. The number of hydrogen-bond acceptors (Lipinski definition) is 9. The summed E-state index contributed by atoms with van der Waals surface area (Å²) in [6.07, 6.45) is 1.17. The summed E-state index contributed by atoms with van der Waals surface area (Å²) in [6, 6.07) is 2.54. The minimum absolute atomic E-state index is 0.0612. The summed E-state index contributed by atoms with van der Waals surface area (Å²) >= 11 is 1.41. The number of hydrogen-bond donors (Lipinski definition) is 0. The molecule has 2 amide bonds. The van der Waals surface area contributed by atoms with Crippen molar-refractivity contribution in [3.05, 3.63) is 44.4 Å². The molecule has 0 N–H and O–H groups in total. The van der Waals surface area contributed by atoms with Crippen molar-refractivity contribution in [2.24, 2.45) is 0 Å². The van der Waals surface area contributed by atoms with E-state index in [-0.39, 0.29) is 48.4 Å². The minimum Gasteiger partial charge on any atom is -0.493 e. The number of nitro benzene ring substituents is 1. The number of nitrogens with zero attached hydrogens (tertiary/aromatic N) is 4. The molecule has 2 saturated heterocycles. The van der Waals surface area contributed by atoms with Crippen LogP contribution in [0.25, 0.3) is 0 Å². The molecule has 11 nitrogen and oxygen atoms in total. The first-order chi connectivity index (χ1) is 16.0. The van der Waals surface area contributed by atoms with Crippen LogP contribution in [0.1, 0.15) is 28.9 Å². The van der Waals surface area contributed by atoms with Crippen molar-refractivity contribution in [3.63, 3.8) is 0 Å². The fourth-order valence-corrected chi connectivity index (χ4v) is 4.42. The van der Waals surface area contributed by atoms with Gasteiger partial charge in [0.2, 0.25) is 0 Å². The number of carbonyl (C=O) groups is 2. The molecule has 1 atom stereocenters. The minimum atomic E-state index is -0.612. The van der Waals surface area contributed by atoms with Crippen LogP contribution in [0, 0.1) is 10.1 Å². The maximum Gasteiger partial charge on any atom is 0.286 e. The molecule has 1 unspecified atom stereocenters. The number of amides is 2. The van der Waals surface area contributed by atoms with Crippen molar-refractivity contribution in [2.75, 3.05) is 39.9 Å². The van der Waals surface area contributed by atoms with E-state index in [1.165, 1.54) is 35.5 Å². The van der Waals surface area contributed by atoms with Gasteiger partial charge in [-0.05, 0) is 12.8 Å². The first-order valence-corrected chi connectivity index (χ1v) is 11.5. The van der Waals surface area contributed by atoms with Crippen molar-refractivity contribution >= 4 is 28.8 Å². The van der Waals surface area contributed by atoms with Crippen LogP contribution >= 0.6 is 11.3 Å². The van der Waals surface area contributed by atoms with Crippen LogP contribution in [-0.2, 0) is 16.1 Å². The standard InChI is InChI=1S/C21H24N4O7S/c1-30-18-9-15(16(25(28)29)10-19(18)32-11-14-12-33-13-22-14)20(26)23-4-6-24(7-5-23)21(27)17-3-2-8-31-17/h9-10,12-13,17H,2-8,11H2,1H3. The summed E-state index contributed by atoms with van der Waals surface area (Å²) in [6.45, 7) is 1.96. The van der Waals surface area contributed by atoms with Crippen LogP contribution in [0.3, 0.4) is 0 Å². The number of benzene rings is 1. The van der Waals surface area contributed by atoms with E-state index in [4.69, 9.17) is 14.2 Å². The third-order valence-electron chi connectivity index (χ3n) is 5.65. The van der Waals surface area contributed by atoms with Gasteiger partial charge < -0.3 is 24.0 Å². The van der Waals surface area contributed by atoms with E-state index in [0.717, 1.165) is 6.42 Å². The maximum atomic E-state index is 13.2. The number of ether oxygens (including phenoxy) is 3. The summed E-state index contributed by atoms with van der Waals surface area (Å²) in [5.41, 5.74) is 1.89. The SMILES string of the molecule is COc1cc(C(=O)N2CCN(C(=O)C3CCCO3)CC2)c([N+](=O)[O-])cc1OCc1cscn1. The van der Waals surface area contributed by atoms with Crippen molar-refractivity contribution < 1.29 is 28.7 Å². The first-order valence-electron chi connectivity index (χ1n) is 10.5. The van der Waals surface area contributed by atoms with E-state index >= 15 is 0 Å². The van der Waals surface area contributed by atoms with Gasteiger partial charge in [0.15, 0.2) is 11.5 Å². The second kappa shape index (κ2) is 10.1. The molecule has 1 aromatic heterocycles. The molecular formula is C21H24N4O7S. The van der Waals surface area contributed by atoms with E-state index in [0.29, 0.717) is 31.8 Å². The maximum absolute atomic E-state index is 13.2. The summed E-state index contributed by atoms with van der Waals surface area (Å²) in [7, 11) is 1.40. The Labute approximate surface area is 194 Å². The Morgan fingerprint density at radius 2 is 2.00 bits per heavy atom. The molecule has 33 heavy (non-hydrogen) atoms. The van der Waals surface area contributed by atoms with Gasteiger partial charge in [0.05, 0.1) is 29.3 Å². The Balaban J connectivity index is 1.48. The van der Waals surface area contributed by atoms with E-state index in [9.17, 15) is 19.7 Å². The highest BCUT2D eigenvalue weighted by Crippen LogP contribution is 2.36. The van der Waals surface area contributed by atoms with E-state index in [2.05, 4.69) is 4.98 Å². The lowest BCUT2D eigenvalue weighted by molar-refractivity contribution is -0.385. The third-order valence-corrected chi connectivity index (χ3v) is 6.29. The van der Waals surface area contributed by atoms with Crippen LogP contribution in [0.15, 0.2) is 23.0 Å². The van der Waals surface area contributed by atoms with E-state index < -0.39 is 16.9 Å². The van der Waals surface area contributed by atoms with Crippen molar-refractivity contribution in [1.82, 2.24) is 14.8 Å². The lowest BCUT2D eigenvalue weighted by Gasteiger charge is -2.35. The molecule has 0 bridgehead atoms. The fraction of sp³-hybridized carbons (Fsp3) is 0.476. The molecule has 1 aromatic carbocycles. The van der Waals surface area contributed by atoms with Crippen LogP contribution in [0.2, 0.25) is 0 Å². The van der Waals surface area contributed by atoms with Gasteiger partial charge in [-0.3, -0.25) is 19.7 Å². The fourth-order valence-electron chi connectivity index (χ4n) is 3.88. The monoisotopic (exact) mass is 476 g/mol. The zero-order chi connectivity index (χ0) is 23.4. The number of piperazine rings is 1. The smallest absolute Gasteiger partial charge is 0.286 e. The van der Waals surface area contributed by atoms with Crippen LogP contribution < -0.4 is 9.47 Å². The van der Waals surface area contributed by atoms with Crippen LogP contribution in [0.5, 0.6) is 11.5 Å². The molecule has 0 aliphatic carbocycles. The summed E-state index contributed by atoms with van der Waals surface area (Å²) in [5.74, 6) is -0.184. The number of methoxy groups -OCH3 is 1. The zero-order valence-corrected chi connectivity index (χ0v) is 18.9. The predicted molar refractivity (Wildman–Crippen MR) is 118 cm³/mol. The predicted octanol–water partition coefficient (Wildman–Crippen LogP) is 2.10. The molecule has 176 valence electrons. The lowest BCUT2D eigenvalue weighted by Crippen LogP contribution is -2.52. The quantitative estimate of drug-likeness (QED) is 0.440. The number of thiazole rings is 1. The van der Waals surface area contributed by atoms with Gasteiger partial charge in [-0.25, -0.2) is 4.98 Å². The highest BCUT2D eigenvalue weighted by Gasteiger charge is 2.34. The zero-order valence-electron chi connectivity index (χ0n) is 18.1. The van der Waals surface area contributed by atoms with E-state index in [1.807, 2.05) is 5.38 Å². The van der Waals surface area contributed by atoms with Gasteiger partial charge >= 0.3 is 0 Å². The highest BCUT2D eigenvalue weighted by atomic mass is 32.1. The Kier molecular flexibility index (Phi) is 7.04. The molecule has 12 heteroatoms. The van der Waals surface area contributed by atoms with Gasteiger partial charge in [0.25, 0.3) is 17.5 Å². The van der Waals surface area contributed by atoms with Gasteiger partial charge in [-0.2, -0.15) is 0 Å². The second-order valence-electron chi connectivity index (χ2n) is 7.66. The number of carbonyl (C=O) groups excluding carboxylic acids is 2. The van der Waals surface area contributed by atoms with E-state index in [1.54, 1.807) is 10.4 Å². The number of nitro groups is 1. The average Bonchev–Trinajstić information content (AvgIpc) is 3.56. The molecule has 0 radical (unpaired) electrons. The van der Waals surface area contributed by atoms with Gasteiger partial charge in [-0.15, -0.1) is 11.3 Å². The van der Waals surface area contributed by atoms with Crippen LogP contribution in [0.4, 0.5) is 5.69 Å². The van der Waals surface area contributed by atoms with Gasteiger partial charge in [0.1, 0.15) is 18.3 Å². The van der Waals surface area contributed by atoms with Crippen LogP contribution in [-0.4, -0.2) is 77.5 Å². The van der Waals surface area contributed by atoms with Crippen molar-refractivity contribution in [1.29, 1.82) is 0 Å².